The summed E-state index contributed by atoms with van der Waals surface area (Å²) in [7, 11) is -1.76. The molecule has 2 N–H and O–H groups in total. The summed E-state index contributed by atoms with van der Waals surface area (Å²) in [4.78, 5) is 12.0. The third kappa shape index (κ3) is 4.38. The van der Waals surface area contributed by atoms with E-state index in [1.54, 1.807) is 0 Å². The van der Waals surface area contributed by atoms with E-state index in [9.17, 15) is 28.0 Å². The Bertz CT molecular complexity index is 748. The van der Waals surface area contributed by atoms with E-state index < -0.39 is 24.6 Å². The monoisotopic (exact) mass is 356 g/mol. The zero-order valence-corrected chi connectivity index (χ0v) is 13.1. The van der Waals surface area contributed by atoms with Gasteiger partial charge in [0.1, 0.15) is 0 Å². The SMILES string of the molecule is O=C(CCl)c1cc(B(O)O)ccc1Cc1cccc(C(F)(F)F)c1. The van der Waals surface area contributed by atoms with Crippen LogP contribution in [0.4, 0.5) is 13.2 Å². The molecule has 0 bridgehead atoms. The van der Waals surface area contributed by atoms with E-state index in [1.165, 1.54) is 30.3 Å². The van der Waals surface area contributed by atoms with Gasteiger partial charge in [0.05, 0.1) is 11.4 Å². The van der Waals surface area contributed by atoms with Crippen LogP contribution in [-0.2, 0) is 12.6 Å². The summed E-state index contributed by atoms with van der Waals surface area (Å²) >= 11 is 5.56. The van der Waals surface area contributed by atoms with E-state index in [0.717, 1.165) is 12.1 Å². The van der Waals surface area contributed by atoms with Gasteiger partial charge < -0.3 is 10.0 Å². The summed E-state index contributed by atoms with van der Waals surface area (Å²) < 4.78 is 38.4. The van der Waals surface area contributed by atoms with Crippen LogP contribution in [-0.4, -0.2) is 28.8 Å². The Morgan fingerprint density at radius 1 is 1.12 bits per heavy atom. The standard InChI is InChI=1S/C16H13BClF3O3/c18-9-15(22)14-8-13(17(23)24)5-4-11(14)6-10-2-1-3-12(7-10)16(19,20)21/h1-5,7-8,23-24H,6,9H2. The van der Waals surface area contributed by atoms with Crippen LogP contribution in [0.5, 0.6) is 0 Å². The second-order valence-corrected chi connectivity index (χ2v) is 5.49. The van der Waals surface area contributed by atoms with Crippen LogP contribution in [0.1, 0.15) is 27.0 Å². The minimum atomic E-state index is -4.45. The van der Waals surface area contributed by atoms with Crippen molar-refractivity contribution in [3.8, 4) is 0 Å². The van der Waals surface area contributed by atoms with Gasteiger partial charge in [0.25, 0.3) is 0 Å². The van der Waals surface area contributed by atoms with Gasteiger partial charge in [-0.2, -0.15) is 13.2 Å². The third-order valence-electron chi connectivity index (χ3n) is 3.50. The maximum atomic E-state index is 12.8. The molecule has 0 saturated carbocycles. The van der Waals surface area contributed by atoms with Gasteiger partial charge in [0.2, 0.25) is 0 Å². The predicted molar refractivity (Wildman–Crippen MR) is 85.6 cm³/mol. The summed E-state index contributed by atoms with van der Waals surface area (Å²) in [6.07, 6.45) is -4.36. The first-order valence-corrected chi connectivity index (χ1v) is 7.50. The zero-order valence-electron chi connectivity index (χ0n) is 12.3. The molecule has 0 unspecified atom stereocenters. The molecule has 2 aromatic carbocycles. The average Bonchev–Trinajstić information content (AvgIpc) is 2.53. The molecule has 24 heavy (non-hydrogen) atoms. The molecule has 0 aliphatic rings. The van der Waals surface area contributed by atoms with Crippen molar-refractivity contribution < 1.29 is 28.0 Å². The Morgan fingerprint density at radius 2 is 1.83 bits per heavy atom. The van der Waals surface area contributed by atoms with E-state index in [2.05, 4.69) is 0 Å². The number of alkyl halides is 4. The molecular formula is C16H13BClF3O3. The van der Waals surface area contributed by atoms with Gasteiger partial charge >= 0.3 is 13.3 Å². The van der Waals surface area contributed by atoms with Crippen LogP contribution in [0.2, 0.25) is 0 Å². The molecule has 0 aliphatic heterocycles. The van der Waals surface area contributed by atoms with Crippen LogP contribution >= 0.6 is 11.6 Å². The first-order chi connectivity index (χ1) is 11.2. The number of rotatable bonds is 5. The Balaban J connectivity index is 2.41. The van der Waals surface area contributed by atoms with Crippen LogP contribution in [0.15, 0.2) is 42.5 Å². The molecule has 8 heteroatoms. The molecule has 126 valence electrons. The molecule has 0 fully saturated rings. The molecule has 0 amide bonds. The number of Topliss-reactive ketones (excluding diaryl/α,β-unsaturated/α-hetero) is 1. The van der Waals surface area contributed by atoms with E-state index >= 15 is 0 Å². The highest BCUT2D eigenvalue weighted by molar-refractivity contribution is 6.58. The van der Waals surface area contributed by atoms with Gasteiger partial charge in [-0.3, -0.25) is 4.79 Å². The highest BCUT2D eigenvalue weighted by atomic mass is 35.5. The first-order valence-electron chi connectivity index (χ1n) is 6.96. The maximum Gasteiger partial charge on any atom is 0.488 e. The lowest BCUT2D eigenvalue weighted by Crippen LogP contribution is -2.31. The van der Waals surface area contributed by atoms with Gasteiger partial charge in [-0.15, -0.1) is 11.6 Å². The van der Waals surface area contributed by atoms with Gasteiger partial charge in [-0.25, -0.2) is 0 Å². The summed E-state index contributed by atoms with van der Waals surface area (Å²) in [5, 5.41) is 18.4. The van der Waals surface area contributed by atoms with Crippen molar-refractivity contribution >= 4 is 30.0 Å². The fourth-order valence-electron chi connectivity index (χ4n) is 2.32. The molecule has 0 atom stereocenters. The molecule has 0 aliphatic carbocycles. The van der Waals surface area contributed by atoms with E-state index in [0.29, 0.717) is 11.1 Å². The van der Waals surface area contributed by atoms with Crippen molar-refractivity contribution in [2.75, 3.05) is 5.88 Å². The van der Waals surface area contributed by atoms with E-state index in [4.69, 9.17) is 11.6 Å². The smallest absolute Gasteiger partial charge is 0.423 e. The Hall–Kier alpha value is -1.83. The minimum Gasteiger partial charge on any atom is -0.423 e. The fraction of sp³-hybridized carbons (Fsp3) is 0.188. The molecule has 0 saturated heterocycles. The lowest BCUT2D eigenvalue weighted by atomic mass is 9.78. The van der Waals surface area contributed by atoms with Crippen molar-refractivity contribution in [2.24, 2.45) is 0 Å². The second-order valence-electron chi connectivity index (χ2n) is 5.22. The van der Waals surface area contributed by atoms with E-state index in [1.807, 2.05) is 0 Å². The third-order valence-corrected chi connectivity index (χ3v) is 3.75. The van der Waals surface area contributed by atoms with Crippen molar-refractivity contribution in [2.45, 2.75) is 12.6 Å². The maximum absolute atomic E-state index is 12.8. The lowest BCUT2D eigenvalue weighted by Gasteiger charge is -2.12. The largest absolute Gasteiger partial charge is 0.488 e. The molecular weight excluding hydrogens is 343 g/mol. The number of hydrogen-bond acceptors (Lipinski definition) is 3. The Labute approximate surface area is 141 Å². The average molecular weight is 357 g/mol. The zero-order chi connectivity index (χ0) is 17.9. The molecule has 0 spiro atoms. The molecule has 2 aromatic rings. The number of ketones is 1. The Morgan fingerprint density at radius 3 is 2.42 bits per heavy atom. The normalized spacial score (nSPS) is 11.4. The second kappa shape index (κ2) is 7.38. The molecule has 0 heterocycles. The van der Waals surface area contributed by atoms with Crippen molar-refractivity contribution in [1.29, 1.82) is 0 Å². The number of carbonyl (C=O) groups excluding carboxylic acids is 1. The topological polar surface area (TPSA) is 57.5 Å². The van der Waals surface area contributed by atoms with Crippen LogP contribution in [0.3, 0.4) is 0 Å². The molecule has 2 rings (SSSR count). The Kier molecular flexibility index (Phi) is 5.69. The molecule has 0 radical (unpaired) electrons. The predicted octanol–water partition coefficient (Wildman–Crippen LogP) is 2.40. The number of benzene rings is 2. The summed E-state index contributed by atoms with van der Waals surface area (Å²) in [5.41, 5.74) is 0.340. The van der Waals surface area contributed by atoms with Gasteiger partial charge in [-0.1, -0.05) is 36.4 Å². The first kappa shape index (κ1) is 18.5. The number of hydrogen-bond donors (Lipinski definition) is 2. The summed E-state index contributed by atoms with van der Waals surface area (Å²) in [6, 6.07) is 8.99. The van der Waals surface area contributed by atoms with Crippen LogP contribution in [0.25, 0.3) is 0 Å². The molecule has 3 nitrogen and oxygen atoms in total. The van der Waals surface area contributed by atoms with E-state index in [-0.39, 0.29) is 23.3 Å². The van der Waals surface area contributed by atoms with Gasteiger partial charge in [0, 0.05) is 5.56 Å². The highest BCUT2D eigenvalue weighted by Gasteiger charge is 2.30. The highest BCUT2D eigenvalue weighted by Crippen LogP contribution is 2.30. The lowest BCUT2D eigenvalue weighted by molar-refractivity contribution is -0.137. The van der Waals surface area contributed by atoms with Gasteiger partial charge in [0.15, 0.2) is 5.78 Å². The number of halogens is 4. The summed E-state index contributed by atoms with van der Waals surface area (Å²) in [6.45, 7) is 0. The molecule has 0 aromatic heterocycles. The minimum absolute atomic E-state index is 0.0870. The van der Waals surface area contributed by atoms with Gasteiger partial charge in [-0.05, 0) is 29.1 Å². The summed E-state index contributed by atoms with van der Waals surface area (Å²) in [5.74, 6) is -0.762. The van der Waals surface area contributed by atoms with Crippen LogP contribution < -0.4 is 5.46 Å². The van der Waals surface area contributed by atoms with Crippen molar-refractivity contribution in [3.63, 3.8) is 0 Å². The van der Waals surface area contributed by atoms with Crippen molar-refractivity contribution in [3.05, 3.63) is 64.7 Å². The quantitative estimate of drug-likeness (QED) is 0.491. The van der Waals surface area contributed by atoms with Crippen molar-refractivity contribution in [1.82, 2.24) is 0 Å². The number of carbonyl (C=O) groups is 1. The fourth-order valence-corrected chi connectivity index (χ4v) is 2.46. The van der Waals surface area contributed by atoms with Crippen LogP contribution in [0, 0.1) is 0 Å².